The highest BCUT2D eigenvalue weighted by atomic mass is 16.1. The first-order chi connectivity index (χ1) is 8.78. The molecule has 0 aromatic heterocycles. The molecule has 2 fully saturated rings. The van der Waals surface area contributed by atoms with Gasteiger partial charge >= 0.3 is 0 Å². The lowest BCUT2D eigenvalue weighted by Gasteiger charge is -2.35. The van der Waals surface area contributed by atoms with Crippen LogP contribution in [0.15, 0.2) is 0 Å². The lowest BCUT2D eigenvalue weighted by molar-refractivity contribution is -0.122. The Morgan fingerprint density at radius 2 is 1.67 bits per heavy atom. The van der Waals surface area contributed by atoms with Gasteiger partial charge in [0.15, 0.2) is 0 Å². The van der Waals surface area contributed by atoms with Gasteiger partial charge in [-0.1, -0.05) is 19.3 Å². The number of rotatable bonds is 4. The SMILES string of the molecule is CNC(=O)CN1CCC(NC2CCCCC2)CC1. The maximum Gasteiger partial charge on any atom is 0.233 e. The summed E-state index contributed by atoms with van der Waals surface area (Å²) in [6.45, 7) is 2.67. The largest absolute Gasteiger partial charge is 0.358 e. The fourth-order valence-corrected chi connectivity index (χ4v) is 3.14. The van der Waals surface area contributed by atoms with E-state index in [9.17, 15) is 4.79 Å². The van der Waals surface area contributed by atoms with Crippen molar-refractivity contribution in [2.45, 2.75) is 57.0 Å². The predicted octanol–water partition coefficient (Wildman–Crippen LogP) is 1.12. The van der Waals surface area contributed by atoms with Crippen LogP contribution in [0.4, 0.5) is 0 Å². The third-order valence-electron chi connectivity index (χ3n) is 4.31. The van der Waals surface area contributed by atoms with Gasteiger partial charge in [-0.05, 0) is 25.7 Å². The van der Waals surface area contributed by atoms with E-state index in [1.165, 1.54) is 44.9 Å². The molecule has 1 heterocycles. The molecule has 0 atom stereocenters. The van der Waals surface area contributed by atoms with Crippen LogP contribution >= 0.6 is 0 Å². The van der Waals surface area contributed by atoms with Crippen molar-refractivity contribution in [1.82, 2.24) is 15.5 Å². The van der Waals surface area contributed by atoms with E-state index >= 15 is 0 Å². The zero-order valence-electron chi connectivity index (χ0n) is 11.6. The summed E-state index contributed by atoms with van der Waals surface area (Å²) in [6.07, 6.45) is 9.31. The Hall–Kier alpha value is -0.610. The second-order valence-corrected chi connectivity index (χ2v) is 5.73. The van der Waals surface area contributed by atoms with Gasteiger partial charge in [0.05, 0.1) is 6.54 Å². The minimum atomic E-state index is 0.133. The Labute approximate surface area is 110 Å². The molecule has 0 aromatic carbocycles. The molecule has 0 radical (unpaired) electrons. The summed E-state index contributed by atoms with van der Waals surface area (Å²) in [7, 11) is 1.71. The van der Waals surface area contributed by atoms with Crippen molar-refractivity contribution in [2.75, 3.05) is 26.7 Å². The van der Waals surface area contributed by atoms with Crippen LogP contribution in [-0.4, -0.2) is 49.6 Å². The van der Waals surface area contributed by atoms with Crippen LogP contribution in [0, 0.1) is 0 Å². The zero-order valence-corrected chi connectivity index (χ0v) is 11.6. The van der Waals surface area contributed by atoms with Gasteiger partial charge in [0.1, 0.15) is 0 Å². The molecule has 2 aliphatic rings. The van der Waals surface area contributed by atoms with Crippen molar-refractivity contribution < 1.29 is 4.79 Å². The number of amides is 1. The number of nitrogens with one attached hydrogen (secondary N) is 2. The Morgan fingerprint density at radius 1 is 1.06 bits per heavy atom. The standard InChI is InChI=1S/C14H27N3O/c1-15-14(18)11-17-9-7-13(8-10-17)16-12-5-3-2-4-6-12/h12-13,16H,2-11H2,1H3,(H,15,18). The molecule has 1 aliphatic heterocycles. The molecule has 0 spiro atoms. The molecule has 0 unspecified atom stereocenters. The first-order valence-corrected chi connectivity index (χ1v) is 7.47. The van der Waals surface area contributed by atoms with E-state index in [2.05, 4.69) is 15.5 Å². The van der Waals surface area contributed by atoms with Crippen LogP contribution in [0.5, 0.6) is 0 Å². The van der Waals surface area contributed by atoms with Gasteiger partial charge in [-0.3, -0.25) is 9.69 Å². The Balaban J connectivity index is 1.65. The number of piperidine rings is 1. The summed E-state index contributed by atoms with van der Waals surface area (Å²) in [4.78, 5) is 13.6. The van der Waals surface area contributed by atoms with Gasteiger partial charge in [-0.2, -0.15) is 0 Å². The molecular weight excluding hydrogens is 226 g/mol. The summed E-state index contributed by atoms with van der Waals surface area (Å²) in [5.74, 6) is 0.133. The van der Waals surface area contributed by atoms with E-state index < -0.39 is 0 Å². The lowest BCUT2D eigenvalue weighted by Crippen LogP contribution is -2.48. The smallest absolute Gasteiger partial charge is 0.233 e. The molecule has 0 aromatic rings. The summed E-state index contributed by atoms with van der Waals surface area (Å²) in [5, 5.41) is 6.51. The molecule has 4 heteroatoms. The van der Waals surface area contributed by atoms with Gasteiger partial charge in [-0.15, -0.1) is 0 Å². The summed E-state index contributed by atoms with van der Waals surface area (Å²) < 4.78 is 0. The maximum atomic E-state index is 11.3. The summed E-state index contributed by atoms with van der Waals surface area (Å²) in [5.41, 5.74) is 0. The second kappa shape index (κ2) is 7.10. The highest BCUT2D eigenvalue weighted by Crippen LogP contribution is 2.20. The third-order valence-corrected chi connectivity index (χ3v) is 4.31. The highest BCUT2D eigenvalue weighted by Gasteiger charge is 2.23. The molecule has 2 N–H and O–H groups in total. The zero-order chi connectivity index (χ0) is 12.8. The monoisotopic (exact) mass is 253 g/mol. The highest BCUT2D eigenvalue weighted by molar-refractivity contribution is 5.77. The number of hydrogen-bond acceptors (Lipinski definition) is 3. The van der Waals surface area contributed by atoms with Crippen LogP contribution in [0.1, 0.15) is 44.9 Å². The van der Waals surface area contributed by atoms with Crippen molar-refractivity contribution in [2.24, 2.45) is 0 Å². The second-order valence-electron chi connectivity index (χ2n) is 5.73. The van der Waals surface area contributed by atoms with Crippen molar-refractivity contribution in [1.29, 1.82) is 0 Å². The molecular formula is C14H27N3O. The molecule has 1 amide bonds. The number of hydrogen-bond donors (Lipinski definition) is 2. The number of carbonyl (C=O) groups excluding carboxylic acids is 1. The quantitative estimate of drug-likeness (QED) is 0.789. The maximum absolute atomic E-state index is 11.3. The predicted molar refractivity (Wildman–Crippen MR) is 73.5 cm³/mol. The number of likely N-dealkylation sites (tertiary alicyclic amines) is 1. The molecule has 18 heavy (non-hydrogen) atoms. The van der Waals surface area contributed by atoms with E-state index in [0.717, 1.165) is 19.1 Å². The van der Waals surface area contributed by atoms with Crippen LogP contribution in [0.3, 0.4) is 0 Å². The molecule has 1 saturated heterocycles. The van der Waals surface area contributed by atoms with Gasteiger partial charge in [0.2, 0.25) is 5.91 Å². The van der Waals surface area contributed by atoms with Crippen LogP contribution in [0.25, 0.3) is 0 Å². The number of nitrogens with zero attached hydrogens (tertiary/aromatic N) is 1. The molecule has 1 saturated carbocycles. The summed E-state index contributed by atoms with van der Waals surface area (Å²) >= 11 is 0. The lowest BCUT2D eigenvalue weighted by atomic mass is 9.93. The van der Waals surface area contributed by atoms with E-state index in [1.807, 2.05) is 0 Å². The van der Waals surface area contributed by atoms with Gasteiger partial charge in [-0.25, -0.2) is 0 Å². The Bertz CT molecular complexity index is 256. The summed E-state index contributed by atoms with van der Waals surface area (Å²) in [6, 6.07) is 1.43. The molecule has 0 bridgehead atoms. The fraction of sp³-hybridized carbons (Fsp3) is 0.929. The van der Waals surface area contributed by atoms with Crippen LogP contribution in [-0.2, 0) is 4.79 Å². The normalized spacial score (nSPS) is 24.1. The van der Waals surface area contributed by atoms with Gasteiger partial charge < -0.3 is 10.6 Å². The van der Waals surface area contributed by atoms with Crippen LogP contribution in [0.2, 0.25) is 0 Å². The molecule has 1 aliphatic carbocycles. The minimum absolute atomic E-state index is 0.133. The first kappa shape index (κ1) is 13.8. The van der Waals surface area contributed by atoms with Crippen LogP contribution < -0.4 is 10.6 Å². The van der Waals surface area contributed by atoms with Gasteiger partial charge in [0.25, 0.3) is 0 Å². The van der Waals surface area contributed by atoms with E-state index in [0.29, 0.717) is 12.6 Å². The van der Waals surface area contributed by atoms with E-state index in [-0.39, 0.29) is 5.91 Å². The average Bonchev–Trinajstić information content (AvgIpc) is 2.42. The molecule has 4 nitrogen and oxygen atoms in total. The van der Waals surface area contributed by atoms with E-state index in [4.69, 9.17) is 0 Å². The molecule has 104 valence electrons. The third kappa shape index (κ3) is 4.25. The van der Waals surface area contributed by atoms with Crippen molar-refractivity contribution in [3.8, 4) is 0 Å². The number of likely N-dealkylation sites (N-methyl/N-ethyl adjacent to an activating group) is 1. The van der Waals surface area contributed by atoms with Gasteiger partial charge in [0, 0.05) is 32.2 Å². The first-order valence-electron chi connectivity index (χ1n) is 7.47. The fourth-order valence-electron chi connectivity index (χ4n) is 3.14. The van der Waals surface area contributed by atoms with Crippen molar-refractivity contribution in [3.63, 3.8) is 0 Å². The van der Waals surface area contributed by atoms with Crippen molar-refractivity contribution >= 4 is 5.91 Å². The Kier molecular flexibility index (Phi) is 5.45. The molecule has 2 rings (SSSR count). The number of carbonyl (C=O) groups is 1. The minimum Gasteiger partial charge on any atom is -0.358 e. The Morgan fingerprint density at radius 3 is 2.28 bits per heavy atom. The topological polar surface area (TPSA) is 44.4 Å². The van der Waals surface area contributed by atoms with E-state index in [1.54, 1.807) is 7.05 Å². The average molecular weight is 253 g/mol. The van der Waals surface area contributed by atoms with Crippen molar-refractivity contribution in [3.05, 3.63) is 0 Å².